The van der Waals surface area contributed by atoms with E-state index in [9.17, 15) is 17.6 Å². The fourth-order valence-corrected chi connectivity index (χ4v) is 3.90. The third kappa shape index (κ3) is 7.23. The van der Waals surface area contributed by atoms with E-state index in [4.69, 9.17) is 4.74 Å². The number of nitrogens with one attached hydrogen (secondary N) is 1. The second kappa shape index (κ2) is 10.9. The average molecular weight is 544 g/mol. The van der Waals surface area contributed by atoms with Gasteiger partial charge in [0.25, 0.3) is 0 Å². The topological polar surface area (TPSA) is 40.1 Å². The van der Waals surface area contributed by atoms with Gasteiger partial charge in [0.1, 0.15) is 11.9 Å². The summed E-state index contributed by atoms with van der Waals surface area (Å²) in [5.74, 6) is 0.391. The van der Waals surface area contributed by atoms with E-state index in [1.54, 1.807) is 12.1 Å². The van der Waals surface area contributed by atoms with E-state index in [1.807, 2.05) is 13.8 Å². The molecule has 3 rings (SSSR count). The van der Waals surface area contributed by atoms with Crippen molar-refractivity contribution < 1.29 is 22.3 Å². The Bertz CT molecular complexity index is 701. The van der Waals surface area contributed by atoms with Gasteiger partial charge in [-0.05, 0) is 38.0 Å². The molecule has 1 aromatic rings. The number of alkyl halides is 3. The zero-order valence-corrected chi connectivity index (χ0v) is 19.5. The Kier molecular flexibility index (Phi) is 9.16. The smallest absolute Gasteiger partial charge is 0.367 e. The highest BCUT2D eigenvalue weighted by Crippen LogP contribution is 2.26. The Morgan fingerprint density at radius 2 is 1.90 bits per heavy atom. The van der Waals surface area contributed by atoms with Gasteiger partial charge >= 0.3 is 6.18 Å². The summed E-state index contributed by atoms with van der Waals surface area (Å²) in [6.07, 6.45) is -3.83. The quantitative estimate of drug-likeness (QED) is 0.271. The lowest BCUT2D eigenvalue weighted by Gasteiger charge is -2.39. The predicted molar refractivity (Wildman–Crippen MR) is 119 cm³/mol. The van der Waals surface area contributed by atoms with Gasteiger partial charge in [0.2, 0.25) is 0 Å². The van der Waals surface area contributed by atoms with Gasteiger partial charge in [0, 0.05) is 32.2 Å². The number of nitrogens with zero attached hydrogens (tertiary/aromatic N) is 3. The number of ether oxygens (including phenoxy) is 1. The van der Waals surface area contributed by atoms with Crippen LogP contribution in [0.15, 0.2) is 29.3 Å². The summed E-state index contributed by atoms with van der Waals surface area (Å²) in [6, 6.07) is 6.17. The number of rotatable bonds is 4. The molecule has 0 saturated carbocycles. The molecule has 3 atom stereocenters. The van der Waals surface area contributed by atoms with Crippen LogP contribution in [0.3, 0.4) is 0 Å². The van der Waals surface area contributed by atoms with E-state index in [2.05, 4.69) is 15.2 Å². The summed E-state index contributed by atoms with van der Waals surface area (Å²) in [6.45, 7) is 5.49. The molecular weight excluding hydrogens is 515 g/mol. The van der Waals surface area contributed by atoms with Crippen molar-refractivity contribution in [3.63, 3.8) is 0 Å². The summed E-state index contributed by atoms with van der Waals surface area (Å²) in [5, 5.41) is 3.36. The van der Waals surface area contributed by atoms with Gasteiger partial charge in [-0.2, -0.15) is 13.2 Å². The zero-order chi connectivity index (χ0) is 21.0. The Balaban J connectivity index is 0.00000320. The molecule has 2 saturated heterocycles. The molecule has 30 heavy (non-hydrogen) atoms. The molecule has 2 aliphatic rings. The van der Waals surface area contributed by atoms with Crippen molar-refractivity contribution >= 4 is 29.9 Å². The molecule has 3 unspecified atom stereocenters. The van der Waals surface area contributed by atoms with Crippen molar-refractivity contribution in [1.82, 2.24) is 15.1 Å². The van der Waals surface area contributed by atoms with Gasteiger partial charge in [-0.25, -0.2) is 4.39 Å². The first-order valence-corrected chi connectivity index (χ1v) is 9.99. The maximum Gasteiger partial charge on any atom is 0.401 e. The lowest BCUT2D eigenvalue weighted by atomic mass is 10.1. The normalized spacial score (nSPS) is 25.9. The average Bonchev–Trinajstić information content (AvgIpc) is 3.06. The Morgan fingerprint density at radius 1 is 1.20 bits per heavy atom. The van der Waals surface area contributed by atoms with Crippen molar-refractivity contribution in [2.75, 3.05) is 39.3 Å². The van der Waals surface area contributed by atoms with E-state index in [0.29, 0.717) is 45.1 Å². The molecule has 0 aromatic heterocycles. The van der Waals surface area contributed by atoms with Crippen LogP contribution in [0.1, 0.15) is 31.9 Å². The molecule has 0 radical (unpaired) electrons. The monoisotopic (exact) mass is 544 g/mol. The molecule has 1 N–H and O–H groups in total. The molecule has 0 spiro atoms. The van der Waals surface area contributed by atoms with Crippen LogP contribution in [0.2, 0.25) is 0 Å². The summed E-state index contributed by atoms with van der Waals surface area (Å²) in [7, 11) is 0. The number of hydrogen-bond donors (Lipinski definition) is 1. The van der Waals surface area contributed by atoms with Crippen LogP contribution in [-0.4, -0.2) is 73.4 Å². The number of morpholine rings is 1. The van der Waals surface area contributed by atoms with Crippen LogP contribution in [-0.2, 0) is 4.74 Å². The third-order valence-electron chi connectivity index (χ3n) is 5.12. The van der Waals surface area contributed by atoms with Crippen molar-refractivity contribution in [2.24, 2.45) is 4.99 Å². The predicted octanol–water partition coefficient (Wildman–Crippen LogP) is 3.81. The molecule has 10 heteroatoms. The maximum absolute atomic E-state index is 13.2. The van der Waals surface area contributed by atoms with Crippen LogP contribution >= 0.6 is 24.0 Å². The van der Waals surface area contributed by atoms with Crippen molar-refractivity contribution in [3.8, 4) is 0 Å². The summed E-state index contributed by atoms with van der Waals surface area (Å²) in [5.41, 5.74) is 0.885. The van der Waals surface area contributed by atoms with E-state index in [1.165, 1.54) is 17.0 Å². The number of likely N-dealkylation sites (tertiary alicyclic amines) is 1. The van der Waals surface area contributed by atoms with E-state index >= 15 is 0 Å². The molecule has 0 bridgehead atoms. The van der Waals surface area contributed by atoms with Gasteiger partial charge in [-0.3, -0.25) is 9.89 Å². The fraction of sp³-hybridized carbons (Fsp3) is 0.650. The van der Waals surface area contributed by atoms with Crippen molar-refractivity contribution in [1.29, 1.82) is 0 Å². The second-order valence-corrected chi connectivity index (χ2v) is 7.67. The molecule has 5 nitrogen and oxygen atoms in total. The maximum atomic E-state index is 13.2. The molecular formula is C20H29F4IN4O. The fourth-order valence-electron chi connectivity index (χ4n) is 3.90. The SMILES string of the molecule is CCN=C(NC1CCN(CC(F)(F)F)C1)N1CC(C)OC(c2ccc(F)cc2)C1.I. The molecule has 0 amide bonds. The lowest BCUT2D eigenvalue weighted by molar-refractivity contribution is -0.143. The van der Waals surface area contributed by atoms with E-state index in [0.717, 1.165) is 5.56 Å². The molecule has 170 valence electrons. The number of hydrogen-bond acceptors (Lipinski definition) is 3. The molecule has 1 aromatic carbocycles. The van der Waals surface area contributed by atoms with Gasteiger partial charge < -0.3 is 15.0 Å². The van der Waals surface area contributed by atoms with Crippen LogP contribution in [0.4, 0.5) is 17.6 Å². The molecule has 2 aliphatic heterocycles. The number of benzene rings is 1. The van der Waals surface area contributed by atoms with Gasteiger partial charge in [-0.15, -0.1) is 24.0 Å². The van der Waals surface area contributed by atoms with E-state index in [-0.39, 0.29) is 48.0 Å². The van der Waals surface area contributed by atoms with E-state index < -0.39 is 12.7 Å². The second-order valence-electron chi connectivity index (χ2n) is 7.67. The summed E-state index contributed by atoms with van der Waals surface area (Å²) < 4.78 is 57.2. The third-order valence-corrected chi connectivity index (χ3v) is 5.12. The van der Waals surface area contributed by atoms with Crippen LogP contribution in [0.25, 0.3) is 0 Å². The number of aliphatic imine (C=N–C) groups is 1. The standard InChI is InChI=1S/C20H28F4N4O.HI/c1-3-25-19(26-17-8-9-27(11-17)13-20(22,23)24)28-10-14(2)29-18(12-28)15-4-6-16(21)7-5-15;/h4-7,14,17-18H,3,8-13H2,1-2H3,(H,25,26);1H. The van der Waals surface area contributed by atoms with Crippen LogP contribution in [0, 0.1) is 5.82 Å². The number of guanidine groups is 1. The largest absolute Gasteiger partial charge is 0.401 e. The Labute approximate surface area is 191 Å². The summed E-state index contributed by atoms with van der Waals surface area (Å²) >= 11 is 0. The Hall–Kier alpha value is -1.14. The van der Waals surface area contributed by atoms with Crippen LogP contribution < -0.4 is 5.32 Å². The zero-order valence-electron chi connectivity index (χ0n) is 17.2. The highest BCUT2D eigenvalue weighted by atomic mass is 127. The molecule has 2 fully saturated rings. The molecule has 0 aliphatic carbocycles. The first-order chi connectivity index (χ1) is 13.7. The van der Waals surface area contributed by atoms with Crippen LogP contribution in [0.5, 0.6) is 0 Å². The first kappa shape index (κ1) is 25.1. The highest BCUT2D eigenvalue weighted by Gasteiger charge is 2.35. The van der Waals surface area contributed by atoms with Crippen molar-refractivity contribution in [3.05, 3.63) is 35.6 Å². The minimum absolute atomic E-state index is 0. The van der Waals surface area contributed by atoms with Gasteiger partial charge in [0.05, 0.1) is 19.2 Å². The minimum atomic E-state index is -4.18. The highest BCUT2D eigenvalue weighted by molar-refractivity contribution is 14.0. The Morgan fingerprint density at radius 3 is 2.53 bits per heavy atom. The van der Waals surface area contributed by atoms with Gasteiger partial charge in [0.15, 0.2) is 5.96 Å². The number of halogens is 5. The molecule has 2 heterocycles. The first-order valence-electron chi connectivity index (χ1n) is 9.99. The van der Waals surface area contributed by atoms with Crippen molar-refractivity contribution in [2.45, 2.75) is 44.7 Å². The summed E-state index contributed by atoms with van der Waals surface area (Å²) in [4.78, 5) is 8.07. The minimum Gasteiger partial charge on any atom is -0.367 e. The lowest BCUT2D eigenvalue weighted by Crippen LogP contribution is -2.53. The van der Waals surface area contributed by atoms with Gasteiger partial charge in [-0.1, -0.05) is 12.1 Å².